The van der Waals surface area contributed by atoms with E-state index in [1.165, 1.54) is 18.9 Å². The Bertz CT molecular complexity index is 992. The number of piperidine rings is 1. The fraction of sp³-hybridized carbons (Fsp3) is 0.476. The molecular weight excluding hydrogens is 357 g/mol. The van der Waals surface area contributed by atoms with Gasteiger partial charge in [0.25, 0.3) is 0 Å². The molecule has 5 rings (SSSR count). The molecule has 0 atom stereocenters. The number of hydrogen-bond donors (Lipinski definition) is 0. The number of halogens is 1. The van der Waals surface area contributed by atoms with Gasteiger partial charge in [-0.2, -0.15) is 0 Å². The van der Waals surface area contributed by atoms with Crippen LogP contribution in [0.2, 0.25) is 0 Å². The molecule has 28 heavy (non-hydrogen) atoms. The lowest BCUT2D eigenvalue weighted by Gasteiger charge is -2.33. The lowest BCUT2D eigenvalue weighted by Crippen LogP contribution is -2.33. The summed E-state index contributed by atoms with van der Waals surface area (Å²) >= 11 is 0. The van der Waals surface area contributed by atoms with Crippen molar-refractivity contribution in [2.75, 3.05) is 25.1 Å². The minimum atomic E-state index is -0.177. The zero-order chi connectivity index (χ0) is 19.1. The van der Waals surface area contributed by atoms with E-state index in [0.29, 0.717) is 11.3 Å². The molecule has 0 unspecified atom stereocenters. The lowest BCUT2D eigenvalue weighted by molar-refractivity contribution is 0.388. The van der Waals surface area contributed by atoms with Crippen LogP contribution in [0.1, 0.15) is 43.0 Å². The molecule has 3 heterocycles. The van der Waals surface area contributed by atoms with Crippen LogP contribution in [-0.2, 0) is 6.42 Å². The van der Waals surface area contributed by atoms with Crippen LogP contribution in [0.4, 0.5) is 10.2 Å². The van der Waals surface area contributed by atoms with Gasteiger partial charge in [-0.25, -0.2) is 9.37 Å². The third-order valence-electron chi connectivity index (χ3n) is 5.98. The monoisotopic (exact) mass is 381 g/mol. The summed E-state index contributed by atoms with van der Waals surface area (Å²) in [5.74, 6) is 3.31. The number of rotatable bonds is 5. The van der Waals surface area contributed by atoms with Gasteiger partial charge < -0.3 is 9.64 Å². The fourth-order valence-electron chi connectivity index (χ4n) is 4.21. The molecule has 1 aromatic carbocycles. The number of aromatic nitrogens is 4. The Morgan fingerprint density at radius 1 is 1.14 bits per heavy atom. The largest absolute Gasteiger partial charge is 0.496 e. The topological polar surface area (TPSA) is 55.5 Å². The van der Waals surface area contributed by atoms with Crippen LogP contribution in [0.3, 0.4) is 0 Å². The van der Waals surface area contributed by atoms with Crippen LogP contribution in [0.25, 0.3) is 5.65 Å². The number of hydrogen-bond acceptors (Lipinski definition) is 5. The number of methoxy groups -OCH3 is 1. The molecule has 2 fully saturated rings. The summed E-state index contributed by atoms with van der Waals surface area (Å²) in [6.45, 7) is 1.66. The van der Waals surface area contributed by atoms with Gasteiger partial charge in [-0.3, -0.25) is 4.40 Å². The third kappa shape index (κ3) is 3.19. The Balaban J connectivity index is 1.31. The highest BCUT2D eigenvalue weighted by atomic mass is 19.1. The first-order valence-corrected chi connectivity index (χ1v) is 10.00. The van der Waals surface area contributed by atoms with E-state index in [4.69, 9.17) is 4.74 Å². The molecule has 0 amide bonds. The second kappa shape index (κ2) is 7.04. The molecule has 146 valence electrons. The van der Waals surface area contributed by atoms with E-state index in [9.17, 15) is 4.39 Å². The molecule has 7 heteroatoms. The molecular formula is C21H24FN5O. The first kappa shape index (κ1) is 17.4. The third-order valence-corrected chi connectivity index (χ3v) is 5.98. The second-order valence-electron chi connectivity index (χ2n) is 7.86. The van der Waals surface area contributed by atoms with Gasteiger partial charge in [0.15, 0.2) is 5.65 Å². The maximum absolute atomic E-state index is 14.4. The zero-order valence-corrected chi connectivity index (χ0v) is 16.0. The van der Waals surface area contributed by atoms with Crippen LogP contribution in [0.5, 0.6) is 5.75 Å². The van der Waals surface area contributed by atoms with Gasteiger partial charge in [-0.1, -0.05) is 6.07 Å². The van der Waals surface area contributed by atoms with Crippen molar-refractivity contribution < 1.29 is 9.13 Å². The van der Waals surface area contributed by atoms with Gasteiger partial charge in [-0.05, 0) is 49.7 Å². The van der Waals surface area contributed by atoms with Crippen LogP contribution in [0, 0.1) is 11.7 Å². The molecule has 6 nitrogen and oxygen atoms in total. The molecule has 0 bridgehead atoms. The molecule has 1 aliphatic carbocycles. The Hall–Kier alpha value is -2.70. The quantitative estimate of drug-likeness (QED) is 0.676. The van der Waals surface area contributed by atoms with Crippen LogP contribution in [-0.4, -0.2) is 39.8 Å². The SMILES string of the molecule is COc1cccc(F)c1C1CCN(c2cc3nnc(CC4CC4)n3cn2)CC1. The van der Waals surface area contributed by atoms with Crippen molar-refractivity contribution in [1.29, 1.82) is 0 Å². The van der Waals surface area contributed by atoms with Crippen molar-refractivity contribution in [3.05, 3.63) is 47.8 Å². The van der Waals surface area contributed by atoms with Crippen LogP contribution >= 0.6 is 0 Å². The minimum Gasteiger partial charge on any atom is -0.496 e. The number of fused-ring (bicyclic) bond motifs is 1. The minimum absolute atomic E-state index is 0.161. The smallest absolute Gasteiger partial charge is 0.165 e. The highest BCUT2D eigenvalue weighted by Gasteiger charge is 2.27. The number of ether oxygens (including phenoxy) is 1. The molecule has 1 aliphatic heterocycles. The van der Waals surface area contributed by atoms with Gasteiger partial charge in [0.05, 0.1) is 7.11 Å². The van der Waals surface area contributed by atoms with Gasteiger partial charge >= 0.3 is 0 Å². The Labute approximate surface area is 163 Å². The summed E-state index contributed by atoms with van der Waals surface area (Å²) < 4.78 is 21.8. The summed E-state index contributed by atoms with van der Waals surface area (Å²) in [6.07, 6.45) is 7.14. The van der Waals surface area contributed by atoms with E-state index >= 15 is 0 Å². The Morgan fingerprint density at radius 3 is 2.71 bits per heavy atom. The number of benzene rings is 1. The van der Waals surface area contributed by atoms with Gasteiger partial charge in [-0.15, -0.1) is 10.2 Å². The van der Waals surface area contributed by atoms with Crippen molar-refractivity contribution in [3.8, 4) is 5.75 Å². The Kier molecular flexibility index (Phi) is 4.37. The molecule has 1 saturated heterocycles. The van der Waals surface area contributed by atoms with Crippen molar-refractivity contribution in [2.45, 2.75) is 38.0 Å². The van der Waals surface area contributed by atoms with Crippen LogP contribution in [0.15, 0.2) is 30.6 Å². The van der Waals surface area contributed by atoms with Gasteiger partial charge in [0.1, 0.15) is 29.5 Å². The maximum Gasteiger partial charge on any atom is 0.165 e. The van der Waals surface area contributed by atoms with Crippen molar-refractivity contribution in [3.63, 3.8) is 0 Å². The summed E-state index contributed by atoms with van der Waals surface area (Å²) in [6, 6.07) is 7.06. The second-order valence-corrected chi connectivity index (χ2v) is 7.86. The zero-order valence-electron chi connectivity index (χ0n) is 16.0. The van der Waals surface area contributed by atoms with E-state index < -0.39 is 0 Å². The predicted octanol–water partition coefficient (Wildman–Crippen LogP) is 3.61. The van der Waals surface area contributed by atoms with Crippen molar-refractivity contribution in [1.82, 2.24) is 19.6 Å². The van der Waals surface area contributed by atoms with Crippen molar-refractivity contribution in [2.24, 2.45) is 5.92 Å². The molecule has 2 aromatic heterocycles. The molecule has 1 saturated carbocycles. The van der Waals surface area contributed by atoms with Gasteiger partial charge in [0, 0.05) is 31.1 Å². The summed E-state index contributed by atoms with van der Waals surface area (Å²) in [7, 11) is 1.60. The average Bonchev–Trinajstić information content (AvgIpc) is 3.46. The fourth-order valence-corrected chi connectivity index (χ4v) is 4.21. The molecule has 0 spiro atoms. The first-order chi connectivity index (χ1) is 13.7. The standard InChI is InChI=1S/C21H24FN5O/c1-28-17-4-2-3-16(22)21(17)15-7-9-26(10-8-15)18-12-20-25-24-19(11-14-5-6-14)27(20)13-23-18/h2-4,12-15H,5-11H2,1H3. The average molecular weight is 381 g/mol. The Morgan fingerprint density at radius 2 is 1.96 bits per heavy atom. The van der Waals surface area contributed by atoms with E-state index in [1.54, 1.807) is 13.2 Å². The van der Waals surface area contributed by atoms with Gasteiger partial charge in [0.2, 0.25) is 0 Å². The van der Waals surface area contributed by atoms with Crippen molar-refractivity contribution >= 4 is 11.5 Å². The highest BCUT2D eigenvalue weighted by Crippen LogP contribution is 2.37. The maximum atomic E-state index is 14.4. The first-order valence-electron chi connectivity index (χ1n) is 10.00. The van der Waals surface area contributed by atoms with E-state index in [-0.39, 0.29) is 11.7 Å². The van der Waals surface area contributed by atoms with Crippen LogP contribution < -0.4 is 9.64 Å². The number of nitrogens with zero attached hydrogens (tertiary/aromatic N) is 5. The molecule has 0 N–H and O–H groups in total. The van der Waals surface area contributed by atoms with E-state index in [1.807, 2.05) is 22.9 Å². The highest BCUT2D eigenvalue weighted by molar-refractivity contribution is 5.51. The van der Waals surface area contributed by atoms with E-state index in [0.717, 1.165) is 55.6 Å². The van der Waals surface area contributed by atoms with E-state index in [2.05, 4.69) is 20.1 Å². The normalized spacial score (nSPS) is 18.0. The molecule has 0 radical (unpaired) electrons. The summed E-state index contributed by atoms with van der Waals surface area (Å²) in [5, 5.41) is 8.67. The molecule has 3 aromatic rings. The summed E-state index contributed by atoms with van der Waals surface area (Å²) in [5.41, 5.74) is 1.55. The number of anilines is 1. The lowest BCUT2D eigenvalue weighted by atomic mass is 9.88. The summed E-state index contributed by atoms with van der Waals surface area (Å²) in [4.78, 5) is 6.90. The predicted molar refractivity (Wildman–Crippen MR) is 104 cm³/mol. The molecule has 2 aliphatic rings.